The zero-order valence-corrected chi connectivity index (χ0v) is 18.8. The van der Waals surface area contributed by atoms with Gasteiger partial charge in [-0.05, 0) is 48.2 Å². The zero-order valence-electron chi connectivity index (χ0n) is 18.0. The third-order valence-electron chi connectivity index (χ3n) is 6.67. The number of rotatable bonds is 5. The monoisotopic (exact) mass is 469 g/mol. The molecule has 3 heterocycles. The summed E-state index contributed by atoms with van der Waals surface area (Å²) in [5.41, 5.74) is 4.81. The van der Waals surface area contributed by atoms with Gasteiger partial charge in [0, 0.05) is 28.5 Å². The van der Waals surface area contributed by atoms with Crippen LogP contribution in [0.25, 0.3) is 27.2 Å². The zero-order chi connectivity index (χ0) is 22.8. The minimum absolute atomic E-state index is 0.240. The Balaban J connectivity index is 1.30. The quantitative estimate of drug-likeness (QED) is 0.389. The molecule has 2 aromatic carbocycles. The maximum atomic E-state index is 11.2. The molecule has 3 aliphatic rings. The molecular formula is C26H19N3O4S. The molecule has 4 aromatic rings. The fraction of sp³-hybridized carbons (Fsp3) is 0.192. The van der Waals surface area contributed by atoms with Crippen molar-refractivity contribution in [2.24, 2.45) is 0 Å². The summed E-state index contributed by atoms with van der Waals surface area (Å²) in [6.07, 6.45) is 4.64. The number of fused-ring (bicyclic) bond motifs is 7. The molecule has 2 aliphatic carbocycles. The van der Waals surface area contributed by atoms with Crippen LogP contribution in [0.1, 0.15) is 45.1 Å². The van der Waals surface area contributed by atoms with Gasteiger partial charge in [0.25, 0.3) is 0 Å². The Labute approximate surface area is 198 Å². The first-order valence-corrected chi connectivity index (χ1v) is 12.0. The van der Waals surface area contributed by atoms with Crippen LogP contribution in [0.5, 0.6) is 11.5 Å². The molecule has 0 spiro atoms. The van der Waals surface area contributed by atoms with E-state index in [9.17, 15) is 9.90 Å². The van der Waals surface area contributed by atoms with Crippen LogP contribution in [0, 0.1) is 0 Å². The molecule has 0 radical (unpaired) electrons. The number of nitrogens with one attached hydrogen (secondary N) is 1. The Morgan fingerprint density at radius 2 is 1.97 bits per heavy atom. The maximum absolute atomic E-state index is 11.2. The van der Waals surface area contributed by atoms with Crippen molar-refractivity contribution in [3.63, 3.8) is 0 Å². The standard InChI is InChI=1S/C26H19N3O4S/c30-26(31)15-7-5-14(6-8-15)23-28-24(27-11-13-4-9-18-19(10-13)33-12-32-18)21-20-16-2-1-3-17(16)22(20)34-25(21)29-23/h2,4-10,17H,1,3,11-12H2,(H,30,31)(H,27,28,29). The normalized spacial score (nSPS) is 17.2. The molecule has 7 nitrogen and oxygen atoms in total. The Morgan fingerprint density at radius 3 is 2.82 bits per heavy atom. The van der Waals surface area contributed by atoms with Crippen LogP contribution in [0.3, 0.4) is 0 Å². The van der Waals surface area contributed by atoms with Crippen LogP contribution < -0.4 is 14.8 Å². The topological polar surface area (TPSA) is 93.6 Å². The van der Waals surface area contributed by atoms with Crippen LogP contribution in [-0.4, -0.2) is 27.8 Å². The number of carbonyl (C=O) groups is 1. The molecule has 0 amide bonds. The van der Waals surface area contributed by atoms with Crippen LogP contribution in [0.4, 0.5) is 5.82 Å². The van der Waals surface area contributed by atoms with E-state index in [4.69, 9.17) is 19.4 Å². The second-order valence-corrected chi connectivity index (χ2v) is 9.66. The third kappa shape index (κ3) is 2.92. The molecule has 2 aromatic heterocycles. The second kappa shape index (κ2) is 7.30. The lowest BCUT2D eigenvalue weighted by Crippen LogP contribution is -2.10. The summed E-state index contributed by atoms with van der Waals surface area (Å²) in [6.45, 7) is 0.827. The van der Waals surface area contributed by atoms with E-state index >= 15 is 0 Å². The molecule has 168 valence electrons. The summed E-state index contributed by atoms with van der Waals surface area (Å²) in [5.74, 6) is 2.48. The van der Waals surface area contributed by atoms with E-state index < -0.39 is 5.97 Å². The van der Waals surface area contributed by atoms with Gasteiger partial charge in [-0.25, -0.2) is 14.8 Å². The lowest BCUT2D eigenvalue weighted by Gasteiger charge is -2.26. The van der Waals surface area contributed by atoms with Crippen LogP contribution in [0.2, 0.25) is 0 Å². The molecule has 1 unspecified atom stereocenters. The summed E-state index contributed by atoms with van der Waals surface area (Å²) in [4.78, 5) is 23.4. The average molecular weight is 470 g/mol. The Kier molecular flexibility index (Phi) is 4.20. The number of benzene rings is 2. The van der Waals surface area contributed by atoms with Crippen molar-refractivity contribution in [3.05, 3.63) is 70.1 Å². The number of aromatic carboxylic acids is 1. The SMILES string of the molecule is O=C(O)c1ccc(-c2nc(NCc3ccc4c(c3)OCO4)c3c4c(sc3n2)C2CCC=C42)cc1. The molecule has 0 bridgehead atoms. The molecule has 7 rings (SSSR count). The summed E-state index contributed by atoms with van der Waals surface area (Å²) in [5, 5.41) is 13.8. The first kappa shape index (κ1) is 19.5. The highest BCUT2D eigenvalue weighted by Crippen LogP contribution is 2.59. The third-order valence-corrected chi connectivity index (χ3v) is 7.86. The lowest BCUT2D eigenvalue weighted by molar-refractivity contribution is 0.0697. The molecule has 2 N–H and O–H groups in total. The molecular weight excluding hydrogens is 450 g/mol. The van der Waals surface area contributed by atoms with Crippen molar-refractivity contribution < 1.29 is 19.4 Å². The number of carboxylic acids is 1. The van der Waals surface area contributed by atoms with E-state index in [1.54, 1.807) is 35.6 Å². The van der Waals surface area contributed by atoms with Crippen LogP contribution in [-0.2, 0) is 6.54 Å². The van der Waals surface area contributed by atoms with E-state index in [-0.39, 0.29) is 12.4 Å². The predicted octanol–water partition coefficient (Wildman–Crippen LogP) is 5.67. The number of anilines is 1. The van der Waals surface area contributed by atoms with Crippen molar-refractivity contribution in [3.8, 4) is 22.9 Å². The van der Waals surface area contributed by atoms with Crippen molar-refractivity contribution in [2.45, 2.75) is 25.3 Å². The second-order valence-electron chi connectivity index (χ2n) is 8.63. The van der Waals surface area contributed by atoms with Gasteiger partial charge in [0.15, 0.2) is 17.3 Å². The minimum atomic E-state index is -0.952. The van der Waals surface area contributed by atoms with E-state index in [0.29, 0.717) is 18.3 Å². The van der Waals surface area contributed by atoms with Gasteiger partial charge in [-0.15, -0.1) is 11.3 Å². The number of allylic oxidation sites excluding steroid dienone is 2. The highest BCUT2D eigenvalue weighted by molar-refractivity contribution is 7.19. The van der Waals surface area contributed by atoms with Gasteiger partial charge < -0.3 is 19.9 Å². The summed E-state index contributed by atoms with van der Waals surface area (Å²) in [7, 11) is 0. The smallest absolute Gasteiger partial charge is 0.335 e. The number of hydrogen-bond donors (Lipinski definition) is 2. The minimum Gasteiger partial charge on any atom is -0.478 e. The number of nitrogens with zero attached hydrogens (tertiary/aromatic N) is 2. The van der Waals surface area contributed by atoms with Crippen molar-refractivity contribution in [1.82, 2.24) is 9.97 Å². The summed E-state index contributed by atoms with van der Waals surface area (Å²) in [6, 6.07) is 12.6. The fourth-order valence-corrected chi connectivity index (χ4v) is 6.33. The highest BCUT2D eigenvalue weighted by Gasteiger charge is 2.39. The Bertz CT molecular complexity index is 1520. The maximum Gasteiger partial charge on any atom is 0.335 e. The van der Waals surface area contributed by atoms with Gasteiger partial charge in [0.1, 0.15) is 10.6 Å². The van der Waals surface area contributed by atoms with Gasteiger partial charge in [-0.1, -0.05) is 24.3 Å². The predicted molar refractivity (Wildman–Crippen MR) is 130 cm³/mol. The molecule has 0 saturated heterocycles. The summed E-state index contributed by atoms with van der Waals surface area (Å²) < 4.78 is 10.9. The first-order valence-electron chi connectivity index (χ1n) is 11.2. The fourth-order valence-electron chi connectivity index (χ4n) is 4.98. The lowest BCUT2D eigenvalue weighted by atomic mass is 9.80. The number of carboxylic acid groups (broad SMARTS) is 1. The number of hydrogen-bond acceptors (Lipinski definition) is 7. The highest BCUT2D eigenvalue weighted by atomic mass is 32.1. The van der Waals surface area contributed by atoms with Crippen molar-refractivity contribution in [2.75, 3.05) is 12.1 Å². The van der Waals surface area contributed by atoms with Crippen LogP contribution >= 0.6 is 11.3 Å². The Hall–Kier alpha value is -3.91. The van der Waals surface area contributed by atoms with E-state index in [1.807, 2.05) is 18.2 Å². The van der Waals surface area contributed by atoms with Gasteiger partial charge in [-0.2, -0.15) is 0 Å². The number of thiophene rings is 1. The van der Waals surface area contributed by atoms with E-state index in [2.05, 4.69) is 11.4 Å². The van der Waals surface area contributed by atoms with Crippen molar-refractivity contribution >= 4 is 38.9 Å². The van der Waals surface area contributed by atoms with Crippen molar-refractivity contribution in [1.29, 1.82) is 0 Å². The Morgan fingerprint density at radius 1 is 1.12 bits per heavy atom. The van der Waals surface area contributed by atoms with E-state index in [1.165, 1.54) is 22.4 Å². The molecule has 8 heteroatoms. The van der Waals surface area contributed by atoms with Crippen LogP contribution in [0.15, 0.2) is 48.5 Å². The number of ether oxygens (including phenoxy) is 2. The first-order chi connectivity index (χ1) is 16.7. The summed E-state index contributed by atoms with van der Waals surface area (Å²) >= 11 is 1.75. The average Bonchev–Trinajstić information content (AvgIpc) is 3.56. The molecule has 1 aliphatic heterocycles. The van der Waals surface area contributed by atoms with E-state index in [0.717, 1.165) is 45.1 Å². The number of aromatic nitrogens is 2. The molecule has 1 atom stereocenters. The molecule has 34 heavy (non-hydrogen) atoms. The molecule has 0 fully saturated rings. The van der Waals surface area contributed by atoms with Gasteiger partial charge >= 0.3 is 5.97 Å². The van der Waals surface area contributed by atoms with Gasteiger partial charge in [0.05, 0.1) is 10.9 Å². The van der Waals surface area contributed by atoms with Gasteiger partial charge in [-0.3, -0.25) is 0 Å². The van der Waals surface area contributed by atoms with Gasteiger partial charge in [0.2, 0.25) is 6.79 Å². The molecule has 0 saturated carbocycles. The largest absolute Gasteiger partial charge is 0.478 e.